The molecule has 1 aromatic heterocycles. The van der Waals surface area contributed by atoms with Crippen LogP contribution in [0.3, 0.4) is 0 Å². The van der Waals surface area contributed by atoms with Crippen LogP contribution in [0.25, 0.3) is 0 Å². The molecule has 0 aromatic carbocycles. The van der Waals surface area contributed by atoms with E-state index in [1.165, 1.54) is 6.26 Å². The fourth-order valence-corrected chi connectivity index (χ4v) is 1.25. The largest absolute Gasteiger partial charge is 1.00 e. The van der Waals surface area contributed by atoms with Gasteiger partial charge in [-0.25, -0.2) is 0 Å². The summed E-state index contributed by atoms with van der Waals surface area (Å²) in [7, 11) is 6.40. The Morgan fingerprint density at radius 2 is 2.12 bits per heavy atom. The fourth-order valence-electron chi connectivity index (χ4n) is 1.25. The average Bonchev–Trinajstić information content (AvgIpc) is 2.63. The summed E-state index contributed by atoms with van der Waals surface area (Å²) in [6.07, 6.45) is 2.47. The lowest BCUT2D eigenvalue weighted by molar-refractivity contribution is -0.870. The Balaban J connectivity index is 0.00000225. The summed E-state index contributed by atoms with van der Waals surface area (Å²) in [6.45, 7) is 1.73. The van der Waals surface area contributed by atoms with E-state index in [1.54, 1.807) is 12.1 Å². The van der Waals surface area contributed by atoms with Gasteiger partial charge in [0.05, 0.1) is 34.0 Å². The molecule has 1 amide bonds. The summed E-state index contributed by atoms with van der Waals surface area (Å²) < 4.78 is 5.89. The predicted molar refractivity (Wildman–Crippen MR) is 58.6 cm³/mol. The average molecular weight is 338 g/mol. The van der Waals surface area contributed by atoms with Crippen LogP contribution < -0.4 is 29.3 Å². The van der Waals surface area contributed by atoms with Gasteiger partial charge in [0.2, 0.25) is 0 Å². The molecule has 5 heteroatoms. The highest BCUT2D eigenvalue weighted by atomic mass is 127. The Morgan fingerprint density at radius 1 is 1.44 bits per heavy atom. The van der Waals surface area contributed by atoms with Gasteiger partial charge in [-0.05, 0) is 12.1 Å². The van der Waals surface area contributed by atoms with Crippen LogP contribution in [0.2, 0.25) is 0 Å². The van der Waals surface area contributed by atoms with Crippen molar-refractivity contribution in [3.8, 4) is 0 Å². The zero-order valence-electron chi connectivity index (χ0n) is 10.00. The second-order valence-corrected chi connectivity index (χ2v) is 4.60. The Morgan fingerprint density at radius 3 is 2.62 bits per heavy atom. The number of quaternary nitrogens is 1. The molecule has 1 rings (SSSR count). The van der Waals surface area contributed by atoms with Gasteiger partial charge in [-0.1, -0.05) is 0 Å². The van der Waals surface area contributed by atoms with Crippen molar-refractivity contribution >= 4 is 5.91 Å². The third kappa shape index (κ3) is 6.12. The number of amides is 1. The molecule has 0 aliphatic heterocycles. The molecule has 1 N–H and O–H groups in total. The Labute approximate surface area is 114 Å². The molecular weight excluding hydrogens is 319 g/mol. The molecule has 0 atom stereocenters. The van der Waals surface area contributed by atoms with Gasteiger partial charge in [0, 0.05) is 13.0 Å². The topological polar surface area (TPSA) is 42.2 Å². The first kappa shape index (κ1) is 15.4. The van der Waals surface area contributed by atoms with Gasteiger partial charge < -0.3 is 38.2 Å². The lowest BCUT2D eigenvalue weighted by atomic mass is 10.3. The summed E-state index contributed by atoms with van der Waals surface area (Å²) in [6, 6.07) is 3.37. The Bertz CT molecular complexity index is 304. The van der Waals surface area contributed by atoms with Crippen molar-refractivity contribution in [3.63, 3.8) is 0 Å². The van der Waals surface area contributed by atoms with E-state index < -0.39 is 0 Å². The zero-order chi connectivity index (χ0) is 11.3. The van der Waals surface area contributed by atoms with Crippen LogP contribution in [0.5, 0.6) is 0 Å². The highest BCUT2D eigenvalue weighted by Gasteiger charge is 2.09. The molecule has 16 heavy (non-hydrogen) atoms. The molecule has 92 valence electrons. The van der Waals surface area contributed by atoms with Crippen molar-refractivity contribution in [1.29, 1.82) is 0 Å². The van der Waals surface area contributed by atoms with E-state index in [9.17, 15) is 4.79 Å². The molecule has 0 aliphatic carbocycles. The zero-order valence-corrected chi connectivity index (χ0v) is 12.2. The highest BCUT2D eigenvalue weighted by Crippen LogP contribution is 1.99. The second kappa shape index (κ2) is 6.90. The smallest absolute Gasteiger partial charge is 0.286 e. The monoisotopic (exact) mass is 338 g/mol. The van der Waals surface area contributed by atoms with E-state index in [-0.39, 0.29) is 29.9 Å². The maximum Gasteiger partial charge on any atom is 0.286 e. The van der Waals surface area contributed by atoms with Crippen LogP contribution in [-0.4, -0.2) is 44.6 Å². The minimum Gasteiger partial charge on any atom is -1.00 e. The second-order valence-electron chi connectivity index (χ2n) is 4.60. The molecule has 0 fully saturated rings. The predicted octanol–water partition coefficient (Wildman–Crippen LogP) is -1.89. The number of hydrogen-bond donors (Lipinski definition) is 1. The summed E-state index contributed by atoms with van der Waals surface area (Å²) in [5.74, 6) is 0.238. The molecule has 0 aliphatic rings. The number of rotatable bonds is 5. The number of furan rings is 1. The van der Waals surface area contributed by atoms with Crippen LogP contribution in [0, 0.1) is 0 Å². The Kier molecular flexibility index (Phi) is 6.66. The molecule has 0 saturated heterocycles. The van der Waals surface area contributed by atoms with Crippen LogP contribution >= 0.6 is 0 Å². The Hall–Kier alpha value is -0.560. The standard InChI is InChI=1S/C11H18N2O2.HI/c1-13(2,3)8-5-7-12-11(14)10-6-4-9-15-10;/h4,6,9H,5,7-8H2,1-3H3;1H. The molecule has 1 heterocycles. The first-order valence-corrected chi connectivity index (χ1v) is 5.11. The molecule has 0 unspecified atom stereocenters. The van der Waals surface area contributed by atoms with Crippen molar-refractivity contribution in [3.05, 3.63) is 24.2 Å². The number of carbonyl (C=O) groups excluding carboxylic acids is 1. The molecule has 0 radical (unpaired) electrons. The summed E-state index contributed by atoms with van der Waals surface area (Å²) in [5, 5.41) is 2.81. The van der Waals surface area contributed by atoms with E-state index in [1.807, 2.05) is 0 Å². The molecule has 0 spiro atoms. The quantitative estimate of drug-likeness (QED) is 0.388. The fraction of sp³-hybridized carbons (Fsp3) is 0.545. The van der Waals surface area contributed by atoms with Gasteiger partial charge in [-0.2, -0.15) is 0 Å². The van der Waals surface area contributed by atoms with Gasteiger partial charge in [0.25, 0.3) is 5.91 Å². The van der Waals surface area contributed by atoms with Crippen LogP contribution in [0.4, 0.5) is 0 Å². The first-order valence-electron chi connectivity index (χ1n) is 5.11. The van der Waals surface area contributed by atoms with E-state index in [2.05, 4.69) is 26.5 Å². The van der Waals surface area contributed by atoms with Gasteiger partial charge >= 0.3 is 0 Å². The van der Waals surface area contributed by atoms with E-state index in [4.69, 9.17) is 4.42 Å². The number of nitrogens with zero attached hydrogens (tertiary/aromatic N) is 1. The summed E-state index contributed by atoms with van der Waals surface area (Å²) >= 11 is 0. The van der Waals surface area contributed by atoms with Gasteiger partial charge in [-0.15, -0.1) is 0 Å². The van der Waals surface area contributed by atoms with Crippen molar-refractivity contribution in [2.75, 3.05) is 34.2 Å². The van der Waals surface area contributed by atoms with Crippen LogP contribution in [0.1, 0.15) is 17.0 Å². The highest BCUT2D eigenvalue weighted by molar-refractivity contribution is 5.91. The van der Waals surface area contributed by atoms with Gasteiger partial charge in [-0.3, -0.25) is 4.79 Å². The molecular formula is C11H19IN2O2. The molecule has 0 saturated carbocycles. The minimum atomic E-state index is -0.138. The van der Waals surface area contributed by atoms with Crippen molar-refractivity contribution in [2.24, 2.45) is 0 Å². The normalized spacial score (nSPS) is 10.7. The lowest BCUT2D eigenvalue weighted by Crippen LogP contribution is -3.00. The molecule has 1 aromatic rings. The number of halogens is 1. The molecule has 4 nitrogen and oxygen atoms in total. The van der Waals surface area contributed by atoms with Crippen molar-refractivity contribution < 1.29 is 37.7 Å². The maximum atomic E-state index is 11.4. The van der Waals surface area contributed by atoms with Gasteiger partial charge in [0.1, 0.15) is 0 Å². The minimum absolute atomic E-state index is 0. The van der Waals surface area contributed by atoms with Crippen molar-refractivity contribution in [2.45, 2.75) is 6.42 Å². The van der Waals surface area contributed by atoms with Crippen LogP contribution in [0.15, 0.2) is 22.8 Å². The number of hydrogen-bond acceptors (Lipinski definition) is 2. The first-order chi connectivity index (χ1) is 6.99. The maximum absolute atomic E-state index is 11.4. The summed E-state index contributed by atoms with van der Waals surface area (Å²) in [5.41, 5.74) is 0. The SMILES string of the molecule is C[N+](C)(C)CCCNC(=O)c1ccco1.[I-]. The van der Waals surface area contributed by atoms with Gasteiger partial charge in [0.15, 0.2) is 5.76 Å². The third-order valence-corrected chi connectivity index (χ3v) is 2.04. The van der Waals surface area contributed by atoms with Crippen LogP contribution in [-0.2, 0) is 0 Å². The molecule has 0 bridgehead atoms. The van der Waals surface area contributed by atoms with E-state index in [0.717, 1.165) is 17.4 Å². The summed E-state index contributed by atoms with van der Waals surface area (Å²) in [4.78, 5) is 11.4. The number of nitrogens with one attached hydrogen (secondary N) is 1. The van der Waals surface area contributed by atoms with E-state index >= 15 is 0 Å². The third-order valence-electron chi connectivity index (χ3n) is 2.04. The number of carbonyl (C=O) groups is 1. The van der Waals surface area contributed by atoms with Crippen molar-refractivity contribution in [1.82, 2.24) is 5.32 Å². The van der Waals surface area contributed by atoms with E-state index in [0.29, 0.717) is 12.3 Å². The lowest BCUT2D eigenvalue weighted by Gasteiger charge is -2.23.